The molecule has 234 valence electrons. The van der Waals surface area contributed by atoms with Gasteiger partial charge in [-0.15, -0.1) is 0 Å². The Hall–Kier alpha value is -4.53. The van der Waals surface area contributed by atoms with Gasteiger partial charge in [-0.2, -0.15) is 0 Å². The van der Waals surface area contributed by atoms with Crippen molar-refractivity contribution in [2.75, 3.05) is 12.4 Å². The predicted molar refractivity (Wildman–Crippen MR) is 170 cm³/mol. The topological polar surface area (TPSA) is 117 Å². The van der Waals surface area contributed by atoms with E-state index in [-0.39, 0.29) is 30.0 Å². The molecule has 3 amide bonds. The molecule has 9 heteroatoms. The summed E-state index contributed by atoms with van der Waals surface area (Å²) in [5.74, 6) is 0.154. The Bertz CT molecular complexity index is 1430. The van der Waals surface area contributed by atoms with Crippen LogP contribution in [0.25, 0.3) is 0 Å². The molecule has 3 aromatic rings. The number of nitrogens with one attached hydrogen (secondary N) is 2. The SMILES string of the molecule is CCc1ccc(C(C(=O)Nc2ccc(OC)cc2)N(C(=O)C(Cc2ccc(O)cc2)NC(=O)OC(C)(C)C)C2CC2C)cc1. The molecule has 0 saturated heterocycles. The van der Waals surface area contributed by atoms with Crippen LogP contribution in [-0.2, 0) is 27.2 Å². The Morgan fingerprint density at radius 3 is 2.07 bits per heavy atom. The number of phenolic OH excluding ortho intramolecular Hbond substituents is 1. The summed E-state index contributed by atoms with van der Waals surface area (Å²) in [6.07, 6.45) is 0.964. The number of phenols is 1. The number of nitrogens with zero attached hydrogens (tertiary/aromatic N) is 1. The van der Waals surface area contributed by atoms with Crippen LogP contribution >= 0.6 is 0 Å². The molecule has 0 spiro atoms. The molecule has 3 N–H and O–H groups in total. The van der Waals surface area contributed by atoms with Crippen LogP contribution in [-0.4, -0.2) is 52.7 Å². The van der Waals surface area contributed by atoms with Crippen molar-refractivity contribution >= 4 is 23.6 Å². The predicted octanol–water partition coefficient (Wildman–Crippen LogP) is 6.02. The monoisotopic (exact) mass is 601 g/mol. The number of hydrogen-bond donors (Lipinski definition) is 3. The van der Waals surface area contributed by atoms with E-state index < -0.39 is 29.7 Å². The van der Waals surface area contributed by atoms with Crippen LogP contribution in [0.3, 0.4) is 0 Å². The molecule has 4 rings (SSSR count). The Balaban J connectivity index is 1.74. The van der Waals surface area contributed by atoms with Gasteiger partial charge in [-0.05, 0) is 92.6 Å². The average Bonchev–Trinajstić information content (AvgIpc) is 3.71. The lowest BCUT2D eigenvalue weighted by Crippen LogP contribution is -2.54. The zero-order valence-corrected chi connectivity index (χ0v) is 26.3. The van der Waals surface area contributed by atoms with Crippen molar-refractivity contribution in [3.05, 3.63) is 89.5 Å². The first-order valence-corrected chi connectivity index (χ1v) is 15.0. The summed E-state index contributed by atoms with van der Waals surface area (Å²) in [4.78, 5) is 43.4. The van der Waals surface area contributed by atoms with E-state index in [1.807, 2.05) is 31.2 Å². The number of aryl methyl sites for hydroxylation is 1. The first-order valence-electron chi connectivity index (χ1n) is 15.0. The number of carbonyl (C=O) groups excluding carboxylic acids is 3. The van der Waals surface area contributed by atoms with Crippen molar-refractivity contribution in [3.8, 4) is 11.5 Å². The Kier molecular flexibility index (Phi) is 10.2. The van der Waals surface area contributed by atoms with Gasteiger partial charge < -0.3 is 30.1 Å². The molecule has 1 saturated carbocycles. The first-order chi connectivity index (χ1) is 20.9. The van der Waals surface area contributed by atoms with Gasteiger partial charge >= 0.3 is 6.09 Å². The maximum Gasteiger partial charge on any atom is 0.408 e. The summed E-state index contributed by atoms with van der Waals surface area (Å²) in [7, 11) is 1.57. The quantitative estimate of drug-likeness (QED) is 0.248. The number of rotatable bonds is 11. The van der Waals surface area contributed by atoms with Gasteiger partial charge in [0.05, 0.1) is 7.11 Å². The van der Waals surface area contributed by atoms with Gasteiger partial charge in [-0.25, -0.2) is 4.79 Å². The summed E-state index contributed by atoms with van der Waals surface area (Å²) in [5.41, 5.74) is 2.30. The maximum atomic E-state index is 14.6. The smallest absolute Gasteiger partial charge is 0.408 e. The molecule has 1 aliphatic rings. The number of aromatic hydroxyl groups is 1. The minimum absolute atomic E-state index is 0.0935. The van der Waals surface area contributed by atoms with Crippen LogP contribution in [0.4, 0.5) is 10.5 Å². The second kappa shape index (κ2) is 13.8. The van der Waals surface area contributed by atoms with Crippen molar-refractivity contribution in [2.45, 2.75) is 77.6 Å². The largest absolute Gasteiger partial charge is 0.508 e. The molecular formula is C35H43N3O6. The fourth-order valence-electron chi connectivity index (χ4n) is 5.13. The van der Waals surface area contributed by atoms with Gasteiger partial charge in [0, 0.05) is 18.2 Å². The molecule has 4 unspecified atom stereocenters. The van der Waals surface area contributed by atoms with Crippen LogP contribution in [0.15, 0.2) is 72.8 Å². The lowest BCUT2D eigenvalue weighted by Gasteiger charge is -2.35. The van der Waals surface area contributed by atoms with E-state index in [2.05, 4.69) is 17.6 Å². The van der Waals surface area contributed by atoms with E-state index in [1.54, 1.807) is 69.2 Å². The lowest BCUT2D eigenvalue weighted by molar-refractivity contribution is -0.141. The molecule has 4 atom stereocenters. The summed E-state index contributed by atoms with van der Waals surface area (Å²) in [6, 6.07) is 19.0. The van der Waals surface area contributed by atoms with Gasteiger partial charge in [-0.3, -0.25) is 9.59 Å². The molecule has 9 nitrogen and oxygen atoms in total. The summed E-state index contributed by atoms with van der Waals surface area (Å²) < 4.78 is 10.8. The molecule has 1 aliphatic carbocycles. The third-order valence-corrected chi connectivity index (χ3v) is 7.63. The summed E-state index contributed by atoms with van der Waals surface area (Å²) >= 11 is 0. The van der Waals surface area contributed by atoms with Crippen molar-refractivity contribution in [1.82, 2.24) is 10.2 Å². The Morgan fingerprint density at radius 2 is 1.55 bits per heavy atom. The molecular weight excluding hydrogens is 558 g/mol. The highest BCUT2D eigenvalue weighted by Crippen LogP contribution is 2.41. The molecule has 0 radical (unpaired) electrons. The van der Waals surface area contributed by atoms with Crippen molar-refractivity contribution < 1.29 is 29.0 Å². The Morgan fingerprint density at radius 1 is 0.955 bits per heavy atom. The average molecular weight is 602 g/mol. The second-order valence-corrected chi connectivity index (χ2v) is 12.3. The number of hydrogen-bond acceptors (Lipinski definition) is 6. The third kappa shape index (κ3) is 8.52. The number of ether oxygens (including phenoxy) is 2. The number of anilines is 1. The van der Waals surface area contributed by atoms with Crippen LogP contribution in [0, 0.1) is 5.92 Å². The van der Waals surface area contributed by atoms with Gasteiger partial charge in [0.25, 0.3) is 5.91 Å². The van der Waals surface area contributed by atoms with Crippen molar-refractivity contribution in [3.63, 3.8) is 0 Å². The van der Waals surface area contributed by atoms with E-state index >= 15 is 0 Å². The summed E-state index contributed by atoms with van der Waals surface area (Å²) in [5, 5.41) is 15.6. The fourth-order valence-corrected chi connectivity index (χ4v) is 5.13. The molecule has 0 bridgehead atoms. The van der Waals surface area contributed by atoms with Crippen molar-refractivity contribution in [2.24, 2.45) is 5.92 Å². The molecule has 1 fully saturated rings. The molecule has 44 heavy (non-hydrogen) atoms. The highest BCUT2D eigenvalue weighted by molar-refractivity contribution is 5.99. The van der Waals surface area contributed by atoms with Crippen molar-refractivity contribution in [1.29, 1.82) is 0 Å². The number of amides is 3. The van der Waals surface area contributed by atoms with Crippen LogP contribution in [0.5, 0.6) is 11.5 Å². The zero-order valence-electron chi connectivity index (χ0n) is 26.3. The van der Waals surface area contributed by atoms with E-state index in [1.165, 1.54) is 12.1 Å². The van der Waals surface area contributed by atoms with Crippen LogP contribution < -0.4 is 15.4 Å². The number of benzene rings is 3. The minimum atomic E-state index is -1.03. The molecule has 0 aromatic heterocycles. The van der Waals surface area contributed by atoms with Gasteiger partial charge in [-0.1, -0.05) is 50.2 Å². The number of alkyl carbamates (subject to hydrolysis) is 1. The molecule has 3 aromatic carbocycles. The highest BCUT2D eigenvalue weighted by Gasteiger charge is 2.48. The molecule has 0 heterocycles. The van der Waals surface area contributed by atoms with E-state index in [4.69, 9.17) is 9.47 Å². The fraction of sp³-hybridized carbons (Fsp3) is 0.400. The zero-order chi connectivity index (χ0) is 32.0. The standard InChI is InChI=1S/C35H43N3O6/c1-7-23-8-12-25(13-9-23)31(32(40)36-26-14-18-28(43-6)19-15-26)38(30-20-22(30)2)33(41)29(37-34(42)44-35(3,4)5)21-24-10-16-27(39)17-11-24/h8-19,22,29-31,39H,7,20-21H2,1-6H3,(H,36,40)(H,37,42). The van der Waals surface area contributed by atoms with E-state index in [9.17, 15) is 19.5 Å². The van der Waals surface area contributed by atoms with Crippen LogP contribution in [0.1, 0.15) is 63.8 Å². The van der Waals surface area contributed by atoms with Gasteiger partial charge in [0.1, 0.15) is 29.2 Å². The third-order valence-electron chi connectivity index (χ3n) is 7.63. The second-order valence-electron chi connectivity index (χ2n) is 12.3. The lowest BCUT2D eigenvalue weighted by atomic mass is 9.98. The van der Waals surface area contributed by atoms with Gasteiger partial charge in [0.15, 0.2) is 0 Å². The minimum Gasteiger partial charge on any atom is -0.508 e. The van der Waals surface area contributed by atoms with E-state index in [0.717, 1.165) is 24.0 Å². The normalized spacial score (nSPS) is 17.1. The first kappa shape index (κ1) is 32.4. The van der Waals surface area contributed by atoms with Gasteiger partial charge in [0.2, 0.25) is 5.91 Å². The maximum absolute atomic E-state index is 14.6. The highest BCUT2D eigenvalue weighted by atomic mass is 16.6. The number of carbonyl (C=O) groups is 3. The Labute approximate surface area is 259 Å². The number of methoxy groups -OCH3 is 1. The van der Waals surface area contributed by atoms with Crippen LogP contribution in [0.2, 0.25) is 0 Å². The van der Waals surface area contributed by atoms with E-state index in [0.29, 0.717) is 17.0 Å². The molecule has 0 aliphatic heterocycles. The summed E-state index contributed by atoms with van der Waals surface area (Å²) in [6.45, 7) is 9.35.